The number of rotatable bonds is 8. The van der Waals surface area contributed by atoms with E-state index in [0.717, 1.165) is 42.6 Å². The summed E-state index contributed by atoms with van der Waals surface area (Å²) in [6.07, 6.45) is 0. The molecule has 2 aromatic carbocycles. The van der Waals surface area contributed by atoms with Gasteiger partial charge in [-0.1, -0.05) is 79.6 Å². The summed E-state index contributed by atoms with van der Waals surface area (Å²) in [4.78, 5) is 22.0. The quantitative estimate of drug-likeness (QED) is 0.176. The number of ketones is 1. The lowest BCUT2D eigenvalue weighted by Crippen LogP contribution is -2.07. The number of nitrogens with zero attached hydrogens (tertiary/aromatic N) is 4. The fourth-order valence-electron chi connectivity index (χ4n) is 3.77. The topological polar surface area (TPSA) is 90.4 Å². The van der Waals surface area contributed by atoms with E-state index in [1.165, 1.54) is 23.5 Å². The van der Waals surface area contributed by atoms with Crippen molar-refractivity contribution in [2.75, 3.05) is 11.5 Å². The first-order chi connectivity index (χ1) is 18.3. The first kappa shape index (κ1) is 28.1. The van der Waals surface area contributed by atoms with Gasteiger partial charge in [0.25, 0.3) is 0 Å². The summed E-state index contributed by atoms with van der Waals surface area (Å²) < 4.78 is 1.91. The van der Waals surface area contributed by atoms with Gasteiger partial charge in [-0.3, -0.25) is 4.79 Å². The highest BCUT2D eigenvalue weighted by atomic mass is 79.9. The van der Waals surface area contributed by atoms with E-state index < -0.39 is 0 Å². The van der Waals surface area contributed by atoms with Crippen molar-refractivity contribution in [2.24, 2.45) is 0 Å². The molecule has 188 valence electrons. The molecule has 0 amide bonds. The van der Waals surface area contributed by atoms with Crippen LogP contribution in [0.2, 0.25) is 0 Å². The average molecular weight is 664 g/mol. The van der Waals surface area contributed by atoms with Crippen LogP contribution in [0.1, 0.15) is 22.5 Å². The zero-order chi connectivity index (χ0) is 27.2. The molecule has 0 aliphatic carbocycles. The van der Waals surface area contributed by atoms with Crippen molar-refractivity contribution in [1.82, 2.24) is 9.97 Å². The number of hydrogen-bond donors (Lipinski definition) is 0. The number of aromatic nitrogens is 2. The molecule has 0 bridgehead atoms. The van der Waals surface area contributed by atoms with E-state index in [1.807, 2.05) is 74.5 Å². The molecular formula is C29H20Br2N4OS2. The van der Waals surface area contributed by atoms with Crippen LogP contribution in [0.3, 0.4) is 0 Å². The lowest BCUT2D eigenvalue weighted by Gasteiger charge is -2.12. The third kappa shape index (κ3) is 6.73. The predicted octanol–water partition coefficient (Wildman–Crippen LogP) is 8.15. The number of carbonyl (C=O) groups excluding carboxylic acids is 1. The molecule has 9 heteroatoms. The second-order valence-corrected chi connectivity index (χ2v) is 12.1. The molecule has 0 radical (unpaired) electrons. The number of hydrogen-bond acceptors (Lipinski definition) is 7. The monoisotopic (exact) mass is 662 g/mol. The molecule has 0 fully saturated rings. The van der Waals surface area contributed by atoms with Crippen LogP contribution in [-0.4, -0.2) is 27.3 Å². The maximum absolute atomic E-state index is 12.9. The van der Waals surface area contributed by atoms with Crippen LogP contribution >= 0.6 is 55.4 Å². The first-order valence-corrected chi connectivity index (χ1v) is 15.0. The fourth-order valence-corrected chi connectivity index (χ4v) is 6.24. The SMILES string of the molecule is Cc1cc(-c2ccc(Br)cc2)c(C#N)c(SCC(=O)CSc2nc(C)cc(-c3ccc(Br)cc3)c2C#N)n1. The van der Waals surface area contributed by atoms with Crippen LogP contribution in [0, 0.1) is 36.5 Å². The number of thioether (sulfide) groups is 2. The Kier molecular flexibility index (Phi) is 9.40. The van der Waals surface area contributed by atoms with Gasteiger partial charge in [0.2, 0.25) is 0 Å². The van der Waals surface area contributed by atoms with Gasteiger partial charge >= 0.3 is 0 Å². The Balaban J connectivity index is 1.50. The molecule has 5 nitrogen and oxygen atoms in total. The Labute approximate surface area is 247 Å². The Bertz CT molecular complexity index is 1470. The van der Waals surface area contributed by atoms with E-state index in [0.29, 0.717) is 21.2 Å². The van der Waals surface area contributed by atoms with Gasteiger partial charge in [0, 0.05) is 31.5 Å². The number of nitriles is 2. The molecule has 0 aliphatic heterocycles. The second kappa shape index (κ2) is 12.7. The maximum Gasteiger partial charge on any atom is 0.153 e. The summed E-state index contributed by atoms with van der Waals surface area (Å²) in [5, 5.41) is 20.9. The van der Waals surface area contributed by atoms with Crippen molar-refractivity contribution in [2.45, 2.75) is 23.9 Å². The highest BCUT2D eigenvalue weighted by molar-refractivity contribution is 9.10. The molecule has 0 saturated heterocycles. The van der Waals surface area contributed by atoms with E-state index in [2.05, 4.69) is 54.0 Å². The normalized spacial score (nSPS) is 10.6. The minimum Gasteiger partial charge on any atom is -0.298 e. The Morgan fingerprint density at radius 3 is 1.45 bits per heavy atom. The highest BCUT2D eigenvalue weighted by Crippen LogP contribution is 2.34. The smallest absolute Gasteiger partial charge is 0.153 e. The molecule has 0 unspecified atom stereocenters. The lowest BCUT2D eigenvalue weighted by molar-refractivity contribution is -0.114. The van der Waals surface area contributed by atoms with Gasteiger partial charge in [0.1, 0.15) is 22.2 Å². The van der Waals surface area contributed by atoms with Gasteiger partial charge in [-0.25, -0.2) is 9.97 Å². The summed E-state index contributed by atoms with van der Waals surface area (Å²) in [6, 6.07) is 23.8. The van der Waals surface area contributed by atoms with Crippen LogP contribution in [0.4, 0.5) is 0 Å². The molecule has 4 aromatic rings. The minimum absolute atomic E-state index is 0.0326. The van der Waals surface area contributed by atoms with Crippen molar-refractivity contribution in [3.63, 3.8) is 0 Å². The molecular weight excluding hydrogens is 644 g/mol. The number of benzene rings is 2. The average Bonchev–Trinajstić information content (AvgIpc) is 2.91. The van der Waals surface area contributed by atoms with Gasteiger partial charge in [0.05, 0.1) is 22.6 Å². The molecule has 38 heavy (non-hydrogen) atoms. The second-order valence-electron chi connectivity index (χ2n) is 8.34. The number of aryl methyl sites for hydroxylation is 2. The summed E-state index contributed by atoms with van der Waals surface area (Å²) in [5.74, 6) is 0.283. The van der Waals surface area contributed by atoms with Crippen LogP contribution in [0.25, 0.3) is 22.3 Å². The molecule has 2 heterocycles. The molecule has 0 saturated carbocycles. The zero-order valence-corrected chi connectivity index (χ0v) is 25.3. The van der Waals surface area contributed by atoms with E-state index in [-0.39, 0.29) is 17.3 Å². The van der Waals surface area contributed by atoms with Crippen LogP contribution in [-0.2, 0) is 4.79 Å². The van der Waals surface area contributed by atoms with E-state index in [1.54, 1.807) is 0 Å². The molecule has 4 rings (SSSR count). The number of carbonyl (C=O) groups is 1. The first-order valence-electron chi connectivity index (χ1n) is 11.4. The number of Topliss-reactive ketones (excluding diaryl/α,β-unsaturated/α-hetero) is 1. The van der Waals surface area contributed by atoms with Crippen LogP contribution < -0.4 is 0 Å². The van der Waals surface area contributed by atoms with Crippen LogP contribution in [0.15, 0.2) is 79.7 Å². The predicted molar refractivity (Wildman–Crippen MR) is 160 cm³/mol. The van der Waals surface area contributed by atoms with Gasteiger partial charge in [-0.2, -0.15) is 10.5 Å². The fraction of sp³-hybridized carbons (Fsp3) is 0.138. The van der Waals surface area contributed by atoms with Gasteiger partial charge in [-0.05, 0) is 61.4 Å². The molecule has 0 aliphatic rings. The number of halogens is 2. The van der Waals surface area contributed by atoms with E-state index in [9.17, 15) is 15.3 Å². The summed E-state index contributed by atoms with van der Waals surface area (Å²) in [6.45, 7) is 3.75. The highest BCUT2D eigenvalue weighted by Gasteiger charge is 2.18. The van der Waals surface area contributed by atoms with Crippen molar-refractivity contribution < 1.29 is 4.79 Å². The molecule has 0 atom stereocenters. The van der Waals surface area contributed by atoms with E-state index >= 15 is 0 Å². The Morgan fingerprint density at radius 1 is 0.737 bits per heavy atom. The summed E-state index contributed by atoms with van der Waals surface area (Å²) in [7, 11) is 0. The Morgan fingerprint density at radius 2 is 1.11 bits per heavy atom. The summed E-state index contributed by atoms with van der Waals surface area (Å²) in [5.41, 5.74) is 5.86. The van der Waals surface area contributed by atoms with Crippen molar-refractivity contribution in [1.29, 1.82) is 10.5 Å². The molecule has 0 spiro atoms. The molecule has 0 N–H and O–H groups in total. The lowest BCUT2D eigenvalue weighted by atomic mass is 10.0. The van der Waals surface area contributed by atoms with Gasteiger partial charge < -0.3 is 0 Å². The third-order valence-corrected chi connectivity index (χ3v) is 8.63. The third-order valence-electron chi connectivity index (χ3n) is 5.50. The van der Waals surface area contributed by atoms with Crippen molar-refractivity contribution >= 4 is 61.2 Å². The number of pyridine rings is 2. The zero-order valence-electron chi connectivity index (χ0n) is 20.5. The van der Waals surface area contributed by atoms with Crippen LogP contribution in [0.5, 0.6) is 0 Å². The largest absolute Gasteiger partial charge is 0.298 e. The maximum atomic E-state index is 12.9. The summed E-state index contributed by atoms with van der Waals surface area (Å²) >= 11 is 9.40. The van der Waals surface area contributed by atoms with Crippen molar-refractivity contribution in [3.05, 3.63) is 92.1 Å². The van der Waals surface area contributed by atoms with Gasteiger partial charge in [0.15, 0.2) is 5.78 Å². The molecule has 2 aromatic heterocycles. The minimum atomic E-state index is -0.0326. The Hall–Kier alpha value is -2.95. The standard InChI is InChI=1S/C29H20Br2N4OS2/c1-17-11-24(19-3-7-21(30)8-4-19)26(13-32)28(34-17)37-15-23(36)16-38-29-27(14-33)25(12-18(2)35-29)20-5-9-22(31)10-6-20/h3-12H,15-16H2,1-2H3. The van der Waals surface area contributed by atoms with Crippen molar-refractivity contribution in [3.8, 4) is 34.4 Å². The van der Waals surface area contributed by atoms with E-state index in [4.69, 9.17) is 0 Å². The van der Waals surface area contributed by atoms with Gasteiger partial charge in [-0.15, -0.1) is 0 Å².